The maximum Gasteiger partial charge on any atom is 0.263 e. The van der Waals surface area contributed by atoms with Crippen LogP contribution in [0.1, 0.15) is 42.7 Å². The molecule has 0 bridgehead atoms. The maximum atomic E-state index is 13.9. The topological polar surface area (TPSA) is 64.0 Å². The number of aromatic nitrogens is 2. The second-order valence-corrected chi connectivity index (χ2v) is 10.6. The van der Waals surface area contributed by atoms with Gasteiger partial charge in [-0.2, -0.15) is 0 Å². The molecular weight excluding hydrogens is 457 g/mol. The van der Waals surface area contributed by atoms with Crippen LogP contribution in [-0.4, -0.2) is 26.5 Å². The van der Waals surface area contributed by atoms with Gasteiger partial charge < -0.3 is 5.32 Å². The van der Waals surface area contributed by atoms with E-state index < -0.39 is 5.82 Å². The van der Waals surface area contributed by atoms with Gasteiger partial charge in [0.1, 0.15) is 10.8 Å². The molecule has 1 aliphatic carbocycles. The number of benzene rings is 2. The molecule has 33 heavy (non-hydrogen) atoms. The van der Waals surface area contributed by atoms with E-state index in [0.29, 0.717) is 10.4 Å². The fourth-order valence-corrected chi connectivity index (χ4v) is 6.96. The number of anilines is 1. The van der Waals surface area contributed by atoms with E-state index in [4.69, 9.17) is 4.98 Å². The molecule has 0 spiro atoms. The van der Waals surface area contributed by atoms with Crippen LogP contribution in [0.2, 0.25) is 0 Å². The maximum absolute atomic E-state index is 13.9. The van der Waals surface area contributed by atoms with Gasteiger partial charge in [0.25, 0.3) is 5.56 Å². The lowest BCUT2D eigenvalue weighted by Crippen LogP contribution is -2.29. The molecule has 1 amide bonds. The third kappa shape index (κ3) is 4.46. The lowest BCUT2D eigenvalue weighted by molar-refractivity contribution is -0.113. The molecule has 2 atom stereocenters. The number of nitrogens with one attached hydrogen (secondary N) is 1. The van der Waals surface area contributed by atoms with Crippen molar-refractivity contribution in [3.05, 3.63) is 75.8 Å². The quantitative estimate of drug-likeness (QED) is 0.294. The van der Waals surface area contributed by atoms with Crippen molar-refractivity contribution in [1.29, 1.82) is 0 Å². The van der Waals surface area contributed by atoms with Crippen molar-refractivity contribution in [2.45, 2.75) is 54.0 Å². The fourth-order valence-electron chi connectivity index (χ4n) is 4.58. The summed E-state index contributed by atoms with van der Waals surface area (Å²) in [7, 11) is 0. The highest BCUT2D eigenvalue weighted by Crippen LogP contribution is 2.50. The van der Waals surface area contributed by atoms with Crippen LogP contribution in [-0.2, 0) is 4.79 Å². The van der Waals surface area contributed by atoms with Crippen LogP contribution in [0, 0.1) is 12.7 Å². The van der Waals surface area contributed by atoms with E-state index >= 15 is 0 Å². The van der Waals surface area contributed by atoms with Gasteiger partial charge in [0, 0.05) is 11.2 Å². The predicted molar refractivity (Wildman–Crippen MR) is 131 cm³/mol. The summed E-state index contributed by atoms with van der Waals surface area (Å²) in [5, 5.41) is 4.30. The average molecular weight is 482 g/mol. The minimum atomic E-state index is -0.484. The first-order valence-electron chi connectivity index (χ1n) is 11.1. The molecule has 8 heteroatoms. The summed E-state index contributed by atoms with van der Waals surface area (Å²) in [5.74, 6) is -0.569. The minimum absolute atomic E-state index is 0.0168. The van der Waals surface area contributed by atoms with Crippen LogP contribution >= 0.6 is 23.5 Å². The van der Waals surface area contributed by atoms with E-state index in [0.717, 1.165) is 41.1 Å². The van der Waals surface area contributed by atoms with Crippen molar-refractivity contribution >= 4 is 35.1 Å². The van der Waals surface area contributed by atoms with Crippen molar-refractivity contribution in [2.75, 3.05) is 11.1 Å². The predicted octanol–water partition coefficient (Wildman–Crippen LogP) is 5.54. The normalized spacial score (nSPS) is 19.1. The Labute approximate surface area is 200 Å². The summed E-state index contributed by atoms with van der Waals surface area (Å²) in [6.07, 6.45) is 4.44. The number of halogens is 1. The van der Waals surface area contributed by atoms with Gasteiger partial charge >= 0.3 is 0 Å². The molecule has 2 aliphatic rings. The first kappa shape index (κ1) is 22.2. The molecule has 0 saturated heterocycles. The molecule has 1 aliphatic heterocycles. The molecule has 170 valence electrons. The van der Waals surface area contributed by atoms with Crippen molar-refractivity contribution < 1.29 is 9.18 Å². The highest BCUT2D eigenvalue weighted by molar-refractivity contribution is 8.00. The molecule has 2 heterocycles. The van der Waals surface area contributed by atoms with E-state index in [1.165, 1.54) is 30.3 Å². The van der Waals surface area contributed by atoms with Gasteiger partial charge in [-0.3, -0.25) is 14.2 Å². The summed E-state index contributed by atoms with van der Waals surface area (Å²) in [6, 6.07) is 13.8. The number of carbonyl (C=O) groups excluding carboxylic acids is 1. The second kappa shape index (κ2) is 9.35. The Hall–Kier alpha value is -2.58. The molecular formula is C25H24FN3O2S2. The number of hydrogen-bond acceptors (Lipinski definition) is 5. The number of fused-ring (bicyclic) bond motifs is 3. The van der Waals surface area contributed by atoms with Gasteiger partial charge in [0.15, 0.2) is 5.16 Å². The van der Waals surface area contributed by atoms with Crippen LogP contribution in [0.4, 0.5) is 10.1 Å². The van der Waals surface area contributed by atoms with Gasteiger partial charge in [-0.25, -0.2) is 9.37 Å². The Morgan fingerprint density at radius 3 is 2.85 bits per heavy atom. The molecule has 1 saturated carbocycles. The van der Waals surface area contributed by atoms with E-state index in [2.05, 4.69) is 5.32 Å². The van der Waals surface area contributed by atoms with Crippen LogP contribution in [0.3, 0.4) is 0 Å². The summed E-state index contributed by atoms with van der Waals surface area (Å²) < 4.78 is 15.5. The third-order valence-corrected chi connectivity index (χ3v) is 8.47. The first-order chi connectivity index (χ1) is 16.0. The smallest absolute Gasteiger partial charge is 0.263 e. The fraction of sp³-hybridized carbons (Fsp3) is 0.320. The minimum Gasteiger partial charge on any atom is -0.323 e. The van der Waals surface area contributed by atoms with Crippen LogP contribution in [0.15, 0.2) is 63.5 Å². The molecule has 0 unspecified atom stereocenters. The van der Waals surface area contributed by atoms with Crippen molar-refractivity contribution in [3.63, 3.8) is 0 Å². The standard InChI is InChI=1S/C25H24FN3O2S2/c1-15-7-6-8-16(13-15)29-24(31)22-17-9-2-5-12-20(17)33-23(22)28-25(29)32-14-21(30)27-19-11-4-3-10-18(19)26/h3-4,6-8,10-11,13,17,20H,2,5,9,12,14H2,1H3,(H,27,30)/t17-,20-/m0/s1. The SMILES string of the molecule is Cc1cccc(-n2c(SCC(=O)Nc3ccccc3F)nc3c(c2=O)[C@H]2CCCC[C@@H]2S3)c1. The van der Waals surface area contributed by atoms with Crippen molar-refractivity contribution in [3.8, 4) is 5.69 Å². The van der Waals surface area contributed by atoms with Gasteiger partial charge in [-0.05, 0) is 49.6 Å². The Kier molecular flexibility index (Phi) is 6.29. The lowest BCUT2D eigenvalue weighted by Gasteiger charge is -2.24. The number of nitrogens with zero attached hydrogens (tertiary/aromatic N) is 2. The molecule has 1 aromatic heterocycles. The van der Waals surface area contributed by atoms with E-state index in [-0.39, 0.29) is 28.8 Å². The van der Waals surface area contributed by atoms with Crippen molar-refractivity contribution in [1.82, 2.24) is 9.55 Å². The number of rotatable bonds is 5. The lowest BCUT2D eigenvalue weighted by atomic mass is 9.85. The number of thioether (sulfide) groups is 2. The van der Waals surface area contributed by atoms with Gasteiger partial charge in [0.05, 0.1) is 22.7 Å². The van der Waals surface area contributed by atoms with E-state index in [1.807, 2.05) is 31.2 Å². The third-order valence-electron chi connectivity index (χ3n) is 6.13. The zero-order chi connectivity index (χ0) is 22.9. The number of aryl methyl sites for hydroxylation is 1. The highest BCUT2D eigenvalue weighted by Gasteiger charge is 2.39. The Balaban J connectivity index is 1.49. The van der Waals surface area contributed by atoms with Gasteiger partial charge in [-0.1, -0.05) is 48.9 Å². The summed E-state index contributed by atoms with van der Waals surface area (Å²) in [6.45, 7) is 1.98. The monoisotopic (exact) mass is 481 g/mol. The van der Waals surface area contributed by atoms with E-state index in [9.17, 15) is 14.0 Å². The molecule has 5 nitrogen and oxygen atoms in total. The molecule has 2 aromatic carbocycles. The highest BCUT2D eigenvalue weighted by atomic mass is 32.2. The van der Waals surface area contributed by atoms with Crippen molar-refractivity contribution in [2.24, 2.45) is 0 Å². The van der Waals surface area contributed by atoms with Gasteiger partial charge in [0.2, 0.25) is 5.91 Å². The molecule has 1 fully saturated rings. The molecule has 1 N–H and O–H groups in total. The summed E-state index contributed by atoms with van der Waals surface area (Å²) in [4.78, 5) is 31.2. The number of hydrogen-bond donors (Lipinski definition) is 1. The molecule has 0 radical (unpaired) electrons. The number of amides is 1. The summed E-state index contributed by atoms with van der Waals surface area (Å²) in [5.41, 5.74) is 2.71. The Bertz CT molecular complexity index is 1280. The van der Waals surface area contributed by atoms with Crippen LogP contribution in [0.25, 0.3) is 5.69 Å². The average Bonchev–Trinajstić information content (AvgIpc) is 3.18. The largest absolute Gasteiger partial charge is 0.323 e. The zero-order valence-electron chi connectivity index (χ0n) is 18.2. The zero-order valence-corrected chi connectivity index (χ0v) is 19.8. The van der Waals surface area contributed by atoms with Gasteiger partial charge in [-0.15, -0.1) is 11.8 Å². The van der Waals surface area contributed by atoms with Crippen LogP contribution in [0.5, 0.6) is 0 Å². The molecule has 5 rings (SSSR count). The first-order valence-corrected chi connectivity index (χ1v) is 13.0. The van der Waals surface area contributed by atoms with E-state index in [1.54, 1.807) is 28.5 Å². The Morgan fingerprint density at radius 1 is 1.21 bits per heavy atom. The number of para-hydroxylation sites is 1. The Morgan fingerprint density at radius 2 is 2.03 bits per heavy atom. The molecule has 3 aromatic rings. The number of carbonyl (C=O) groups is 1. The van der Waals surface area contributed by atoms with Crippen LogP contribution < -0.4 is 10.9 Å². The summed E-state index contributed by atoms with van der Waals surface area (Å²) >= 11 is 2.90. The second-order valence-electron chi connectivity index (χ2n) is 8.46.